The molecule has 2 rings (SSSR count). The monoisotopic (exact) mass is 297 g/mol. The highest BCUT2D eigenvalue weighted by atomic mass is 16.5. The Morgan fingerprint density at radius 2 is 2.05 bits per heavy atom. The average Bonchev–Trinajstić information content (AvgIpc) is 2.50. The predicted octanol–water partition coefficient (Wildman–Crippen LogP) is 0.977. The lowest BCUT2D eigenvalue weighted by Gasteiger charge is -2.65. The van der Waals surface area contributed by atoms with Crippen molar-refractivity contribution >= 4 is 5.91 Å². The third-order valence-corrected chi connectivity index (χ3v) is 5.67. The van der Waals surface area contributed by atoms with Crippen molar-refractivity contribution in [3.63, 3.8) is 0 Å². The van der Waals surface area contributed by atoms with E-state index in [0.717, 1.165) is 39.1 Å². The Kier molecular flexibility index (Phi) is 4.96. The zero-order valence-corrected chi connectivity index (χ0v) is 13.9. The Labute approximate surface area is 128 Å². The van der Waals surface area contributed by atoms with Crippen LogP contribution in [-0.2, 0) is 9.53 Å². The molecule has 0 aromatic heterocycles. The van der Waals surface area contributed by atoms with E-state index < -0.39 is 5.54 Å². The van der Waals surface area contributed by atoms with Gasteiger partial charge in [0.1, 0.15) is 5.54 Å². The number of ether oxygens (including phenoxy) is 1. The molecule has 1 amide bonds. The van der Waals surface area contributed by atoms with Crippen LogP contribution in [0.25, 0.3) is 0 Å². The van der Waals surface area contributed by atoms with Crippen LogP contribution < -0.4 is 11.1 Å². The number of hydrogen-bond donors (Lipinski definition) is 2. The first-order valence-corrected chi connectivity index (χ1v) is 8.30. The van der Waals surface area contributed by atoms with E-state index in [9.17, 15) is 4.79 Å². The molecule has 3 atom stereocenters. The molecular formula is C16H31N3O2. The molecule has 3 N–H and O–H groups in total. The molecule has 0 aromatic rings. The fourth-order valence-corrected chi connectivity index (χ4v) is 4.05. The van der Waals surface area contributed by atoms with Crippen molar-refractivity contribution in [3.8, 4) is 0 Å². The first-order chi connectivity index (χ1) is 9.89. The van der Waals surface area contributed by atoms with Gasteiger partial charge in [-0.25, -0.2) is 0 Å². The number of carbonyl (C=O) groups excluding carboxylic acids is 1. The first-order valence-electron chi connectivity index (χ1n) is 8.30. The highest BCUT2D eigenvalue weighted by Gasteiger charge is 2.70. The standard InChI is InChI=1S/C16H31N3O2/c1-5-19(6-2)10-9-18-14(20)16(17)12-8-7-11-21-13(12)15(16,3)4/h12-13H,5-11,17H2,1-4H3,(H,18,20). The van der Waals surface area contributed by atoms with Gasteiger partial charge in [-0.05, 0) is 25.9 Å². The van der Waals surface area contributed by atoms with E-state index >= 15 is 0 Å². The molecule has 1 aliphatic carbocycles. The molecule has 5 heteroatoms. The Morgan fingerprint density at radius 3 is 2.67 bits per heavy atom. The summed E-state index contributed by atoms with van der Waals surface area (Å²) < 4.78 is 5.85. The van der Waals surface area contributed by atoms with Gasteiger partial charge in [0.25, 0.3) is 0 Å². The largest absolute Gasteiger partial charge is 0.377 e. The lowest BCUT2D eigenvalue weighted by atomic mass is 9.46. The Hall–Kier alpha value is -0.650. The van der Waals surface area contributed by atoms with Crippen LogP contribution in [0.4, 0.5) is 0 Å². The van der Waals surface area contributed by atoms with Gasteiger partial charge in [-0.15, -0.1) is 0 Å². The second kappa shape index (κ2) is 6.23. The summed E-state index contributed by atoms with van der Waals surface area (Å²) in [5, 5.41) is 3.05. The zero-order valence-electron chi connectivity index (χ0n) is 13.9. The normalized spacial score (nSPS) is 34.2. The fraction of sp³-hybridized carbons (Fsp3) is 0.938. The molecule has 5 nitrogen and oxygen atoms in total. The topological polar surface area (TPSA) is 67.6 Å². The molecule has 1 heterocycles. The van der Waals surface area contributed by atoms with Gasteiger partial charge < -0.3 is 20.7 Å². The van der Waals surface area contributed by atoms with E-state index in [1.165, 1.54) is 0 Å². The summed E-state index contributed by atoms with van der Waals surface area (Å²) in [5.74, 6) is 0.154. The van der Waals surface area contributed by atoms with E-state index in [1.807, 2.05) is 0 Å². The summed E-state index contributed by atoms with van der Waals surface area (Å²) in [6, 6.07) is 0. The van der Waals surface area contributed by atoms with Gasteiger partial charge in [0.05, 0.1) is 6.10 Å². The van der Waals surface area contributed by atoms with Crippen molar-refractivity contribution in [2.45, 2.75) is 52.2 Å². The smallest absolute Gasteiger partial charge is 0.241 e. The van der Waals surface area contributed by atoms with Gasteiger partial charge >= 0.3 is 0 Å². The molecule has 2 fully saturated rings. The van der Waals surface area contributed by atoms with Crippen LogP contribution in [0.1, 0.15) is 40.5 Å². The molecular weight excluding hydrogens is 266 g/mol. The molecule has 1 aliphatic heterocycles. The van der Waals surface area contributed by atoms with Gasteiger partial charge in [-0.3, -0.25) is 4.79 Å². The van der Waals surface area contributed by atoms with Crippen molar-refractivity contribution < 1.29 is 9.53 Å². The number of nitrogens with zero attached hydrogens (tertiary/aromatic N) is 1. The Bertz CT molecular complexity index is 382. The number of nitrogens with one attached hydrogen (secondary N) is 1. The summed E-state index contributed by atoms with van der Waals surface area (Å²) in [5.41, 5.74) is 5.47. The minimum Gasteiger partial charge on any atom is -0.377 e. The van der Waals surface area contributed by atoms with E-state index in [0.29, 0.717) is 6.54 Å². The average molecular weight is 297 g/mol. The second-order valence-electron chi connectivity index (χ2n) is 6.91. The third kappa shape index (κ3) is 2.60. The quantitative estimate of drug-likeness (QED) is 0.767. The summed E-state index contributed by atoms with van der Waals surface area (Å²) in [6.45, 7) is 12.7. The number of likely N-dealkylation sites (N-methyl/N-ethyl adjacent to an activating group) is 1. The van der Waals surface area contributed by atoms with Crippen LogP contribution in [0.15, 0.2) is 0 Å². The van der Waals surface area contributed by atoms with Gasteiger partial charge in [0.15, 0.2) is 0 Å². The van der Waals surface area contributed by atoms with Gasteiger partial charge in [-0.2, -0.15) is 0 Å². The molecule has 1 saturated carbocycles. The fourth-order valence-electron chi connectivity index (χ4n) is 4.05. The summed E-state index contributed by atoms with van der Waals surface area (Å²) in [4.78, 5) is 15.0. The summed E-state index contributed by atoms with van der Waals surface area (Å²) >= 11 is 0. The van der Waals surface area contributed by atoms with Crippen LogP contribution in [0.2, 0.25) is 0 Å². The molecule has 0 spiro atoms. The zero-order chi connectivity index (χ0) is 15.7. The second-order valence-corrected chi connectivity index (χ2v) is 6.91. The van der Waals surface area contributed by atoms with Crippen molar-refractivity contribution in [3.05, 3.63) is 0 Å². The number of nitrogens with two attached hydrogens (primary N) is 1. The van der Waals surface area contributed by atoms with Crippen molar-refractivity contribution in [2.24, 2.45) is 17.1 Å². The van der Waals surface area contributed by atoms with E-state index in [1.54, 1.807) is 0 Å². The maximum Gasteiger partial charge on any atom is 0.241 e. The van der Waals surface area contributed by atoms with Crippen molar-refractivity contribution in [2.75, 3.05) is 32.8 Å². The maximum atomic E-state index is 12.7. The first kappa shape index (κ1) is 16.7. The van der Waals surface area contributed by atoms with Crippen LogP contribution in [-0.4, -0.2) is 55.2 Å². The number of hydrogen-bond acceptors (Lipinski definition) is 4. The summed E-state index contributed by atoms with van der Waals surface area (Å²) in [7, 11) is 0. The molecule has 0 radical (unpaired) electrons. The minimum atomic E-state index is -0.790. The Morgan fingerprint density at radius 1 is 1.38 bits per heavy atom. The van der Waals surface area contributed by atoms with E-state index in [4.69, 9.17) is 10.5 Å². The number of carbonyl (C=O) groups is 1. The minimum absolute atomic E-state index is 0.00796. The molecule has 0 bridgehead atoms. The van der Waals surface area contributed by atoms with Crippen molar-refractivity contribution in [1.29, 1.82) is 0 Å². The Balaban J connectivity index is 1.94. The number of rotatable bonds is 6. The van der Waals surface area contributed by atoms with Crippen LogP contribution in [0, 0.1) is 11.3 Å². The molecule has 122 valence electrons. The summed E-state index contributed by atoms with van der Waals surface area (Å²) in [6.07, 6.45) is 2.13. The van der Waals surface area contributed by atoms with E-state index in [-0.39, 0.29) is 23.3 Å². The number of amides is 1. The van der Waals surface area contributed by atoms with Gasteiger partial charge in [-0.1, -0.05) is 27.7 Å². The molecule has 2 aliphatic rings. The van der Waals surface area contributed by atoms with Crippen LogP contribution in [0.3, 0.4) is 0 Å². The lowest BCUT2D eigenvalue weighted by molar-refractivity contribution is -0.225. The SMILES string of the molecule is CCN(CC)CCNC(=O)C1(N)C2CCCOC2C1(C)C. The van der Waals surface area contributed by atoms with Gasteiger partial charge in [0, 0.05) is 31.0 Å². The lowest BCUT2D eigenvalue weighted by Crippen LogP contribution is -2.82. The van der Waals surface area contributed by atoms with E-state index in [2.05, 4.69) is 37.9 Å². The third-order valence-electron chi connectivity index (χ3n) is 5.67. The molecule has 1 saturated heterocycles. The molecule has 3 unspecified atom stereocenters. The predicted molar refractivity (Wildman–Crippen MR) is 84.0 cm³/mol. The highest BCUT2D eigenvalue weighted by Crippen LogP contribution is 2.57. The van der Waals surface area contributed by atoms with Gasteiger partial charge in [0.2, 0.25) is 5.91 Å². The molecule has 21 heavy (non-hydrogen) atoms. The van der Waals surface area contributed by atoms with Crippen LogP contribution in [0.5, 0.6) is 0 Å². The van der Waals surface area contributed by atoms with Crippen molar-refractivity contribution in [1.82, 2.24) is 10.2 Å². The maximum absolute atomic E-state index is 12.7. The molecule has 0 aromatic carbocycles. The van der Waals surface area contributed by atoms with Crippen LogP contribution >= 0.6 is 0 Å². The highest BCUT2D eigenvalue weighted by molar-refractivity contribution is 5.89. The number of fused-ring (bicyclic) bond motifs is 1.